The number of hydrogen-bond donors (Lipinski definition) is 1. The number of nitrogens with one attached hydrogen (secondary N) is 1. The molecule has 3 aliphatic carbocycles. The molecule has 0 aromatic heterocycles. The van der Waals surface area contributed by atoms with Crippen molar-refractivity contribution in [3.8, 4) is 0 Å². The van der Waals surface area contributed by atoms with Gasteiger partial charge >= 0.3 is 5.97 Å². The van der Waals surface area contributed by atoms with Crippen LogP contribution >= 0.6 is 0 Å². The van der Waals surface area contributed by atoms with Gasteiger partial charge in [-0.3, -0.25) is 24.1 Å². The third-order valence-corrected chi connectivity index (χ3v) is 8.80. The van der Waals surface area contributed by atoms with Crippen LogP contribution in [0.5, 0.6) is 0 Å². The van der Waals surface area contributed by atoms with Gasteiger partial charge < -0.3 is 10.1 Å². The van der Waals surface area contributed by atoms with Crippen LogP contribution < -0.4 is 5.32 Å². The molecule has 2 bridgehead atoms. The number of rotatable bonds is 9. The van der Waals surface area contributed by atoms with Crippen molar-refractivity contribution >= 4 is 35.2 Å². The van der Waals surface area contributed by atoms with Gasteiger partial charge in [0.1, 0.15) is 6.04 Å². The molecule has 1 aliphatic heterocycles. The molecule has 214 valence electrons. The number of anilines is 1. The lowest BCUT2D eigenvalue weighted by Crippen LogP contribution is -2.47. The zero-order valence-corrected chi connectivity index (χ0v) is 23.5. The van der Waals surface area contributed by atoms with Gasteiger partial charge in [0.2, 0.25) is 11.8 Å². The molecule has 3 amide bonds. The number of carbonyl (C=O) groups is 5. The Morgan fingerprint density at radius 2 is 1.38 bits per heavy atom. The number of ether oxygens (including phenoxy) is 1. The molecule has 42 heavy (non-hydrogen) atoms. The van der Waals surface area contributed by atoms with Crippen molar-refractivity contribution in [2.45, 2.75) is 51.0 Å². The third kappa shape index (κ3) is 4.51. The summed E-state index contributed by atoms with van der Waals surface area (Å²) in [5, 5.41) is 2.63. The van der Waals surface area contributed by atoms with Crippen molar-refractivity contribution in [3.63, 3.8) is 0 Å². The summed E-state index contributed by atoms with van der Waals surface area (Å²) in [7, 11) is 0. The monoisotopic (exact) mass is 564 g/mol. The first-order valence-corrected chi connectivity index (χ1v) is 14.4. The highest BCUT2D eigenvalue weighted by Gasteiger charge is 2.63. The molecule has 0 saturated carbocycles. The molecule has 1 saturated heterocycles. The Kier molecular flexibility index (Phi) is 7.22. The zero-order chi connectivity index (χ0) is 29.5. The minimum atomic E-state index is -1.12. The summed E-state index contributed by atoms with van der Waals surface area (Å²) < 4.78 is 5.40. The number of benzene rings is 3. The maximum absolute atomic E-state index is 14.1. The van der Waals surface area contributed by atoms with Crippen LogP contribution in [0.1, 0.15) is 77.6 Å². The Hall–Kier alpha value is -4.59. The summed E-state index contributed by atoms with van der Waals surface area (Å²) in [6.07, 6.45) is 1.61. The van der Waals surface area contributed by atoms with Crippen molar-refractivity contribution in [1.82, 2.24) is 4.90 Å². The van der Waals surface area contributed by atoms with E-state index in [1.165, 1.54) is 6.92 Å². The minimum absolute atomic E-state index is 0.142. The van der Waals surface area contributed by atoms with Crippen molar-refractivity contribution in [2.24, 2.45) is 11.8 Å². The number of imide groups is 1. The summed E-state index contributed by atoms with van der Waals surface area (Å²) in [6, 6.07) is 21.3. The molecule has 8 heteroatoms. The second kappa shape index (κ2) is 11.0. The Bertz CT molecular complexity index is 1500. The van der Waals surface area contributed by atoms with E-state index >= 15 is 0 Å². The number of nitrogens with zero attached hydrogens (tertiary/aromatic N) is 1. The number of esters is 1. The molecule has 1 N–H and O–H groups in total. The number of amides is 3. The van der Waals surface area contributed by atoms with Crippen LogP contribution in [-0.2, 0) is 23.9 Å². The molecule has 1 heterocycles. The lowest BCUT2D eigenvalue weighted by Gasteiger charge is -2.45. The normalized spacial score (nSPS) is 22.2. The molecule has 0 spiro atoms. The highest BCUT2D eigenvalue weighted by molar-refractivity contribution is 6.10. The summed E-state index contributed by atoms with van der Waals surface area (Å²) in [5.74, 6) is -3.95. The van der Waals surface area contributed by atoms with Crippen LogP contribution in [-0.4, -0.2) is 47.0 Å². The molecule has 7 rings (SSSR count). The topological polar surface area (TPSA) is 110 Å². The summed E-state index contributed by atoms with van der Waals surface area (Å²) in [4.78, 5) is 67.1. The highest BCUT2D eigenvalue weighted by atomic mass is 16.5. The van der Waals surface area contributed by atoms with E-state index in [0.29, 0.717) is 17.7 Å². The number of unbranched alkanes of at least 4 members (excludes halogenated alkanes) is 1. The maximum Gasteiger partial charge on any atom is 0.329 e. The zero-order valence-electron chi connectivity index (χ0n) is 23.5. The van der Waals surface area contributed by atoms with Gasteiger partial charge in [-0.05, 0) is 47.7 Å². The van der Waals surface area contributed by atoms with E-state index in [-0.39, 0.29) is 35.9 Å². The lowest BCUT2D eigenvalue weighted by molar-refractivity contribution is -0.160. The van der Waals surface area contributed by atoms with Gasteiger partial charge in [0, 0.05) is 23.1 Å². The molecule has 3 atom stereocenters. The second-order valence-corrected chi connectivity index (χ2v) is 11.3. The van der Waals surface area contributed by atoms with E-state index in [9.17, 15) is 24.0 Å². The van der Waals surface area contributed by atoms with Gasteiger partial charge in [0.15, 0.2) is 12.4 Å². The largest absolute Gasteiger partial charge is 0.454 e. The minimum Gasteiger partial charge on any atom is -0.454 e. The van der Waals surface area contributed by atoms with E-state index in [4.69, 9.17) is 4.74 Å². The van der Waals surface area contributed by atoms with Gasteiger partial charge in [-0.1, -0.05) is 80.4 Å². The summed E-state index contributed by atoms with van der Waals surface area (Å²) >= 11 is 0. The van der Waals surface area contributed by atoms with Crippen molar-refractivity contribution in [3.05, 3.63) is 101 Å². The quantitative estimate of drug-likeness (QED) is 0.227. The van der Waals surface area contributed by atoms with Gasteiger partial charge in [-0.2, -0.15) is 0 Å². The molecule has 0 unspecified atom stereocenters. The van der Waals surface area contributed by atoms with Crippen molar-refractivity contribution in [2.75, 3.05) is 11.9 Å². The predicted molar refractivity (Wildman–Crippen MR) is 155 cm³/mol. The summed E-state index contributed by atoms with van der Waals surface area (Å²) in [6.45, 7) is 2.81. The van der Waals surface area contributed by atoms with Crippen LogP contribution in [0.2, 0.25) is 0 Å². The van der Waals surface area contributed by atoms with Crippen molar-refractivity contribution < 1.29 is 28.7 Å². The van der Waals surface area contributed by atoms with Gasteiger partial charge in [-0.25, -0.2) is 4.79 Å². The number of carbonyl (C=O) groups excluding carboxylic acids is 5. The maximum atomic E-state index is 14.1. The molecular formula is C34H32N2O6. The Labute approximate surface area is 244 Å². The molecule has 3 aromatic rings. The highest BCUT2D eigenvalue weighted by Crippen LogP contribution is 2.61. The fraction of sp³-hybridized carbons (Fsp3) is 0.324. The molecule has 8 nitrogen and oxygen atoms in total. The second-order valence-electron chi connectivity index (χ2n) is 11.3. The fourth-order valence-corrected chi connectivity index (χ4v) is 7.00. The number of hydrogen-bond acceptors (Lipinski definition) is 6. The van der Waals surface area contributed by atoms with E-state index < -0.39 is 36.4 Å². The predicted octanol–water partition coefficient (Wildman–Crippen LogP) is 4.82. The third-order valence-electron chi connectivity index (χ3n) is 8.80. The number of Topliss-reactive ketones (excluding diaryl/α,β-unsaturated/α-hetero) is 1. The molecule has 1 fully saturated rings. The van der Waals surface area contributed by atoms with E-state index in [1.807, 2.05) is 55.5 Å². The van der Waals surface area contributed by atoms with Crippen molar-refractivity contribution in [1.29, 1.82) is 0 Å². The first-order valence-electron chi connectivity index (χ1n) is 14.4. The SMILES string of the molecule is CCCC[C@H](C(=O)OCC(=O)Nc1cccc(C(C)=O)c1)N1C(=O)[C@@H]2C3c4ccccc4C(c4ccccc43)[C@H]2C1=O. The lowest BCUT2D eigenvalue weighted by atomic mass is 9.55. The van der Waals surface area contributed by atoms with Crippen LogP contribution in [0.15, 0.2) is 72.8 Å². The van der Waals surface area contributed by atoms with Gasteiger partial charge in [0.25, 0.3) is 5.91 Å². The molecule has 0 radical (unpaired) electrons. The molecular weight excluding hydrogens is 532 g/mol. The van der Waals surface area contributed by atoms with E-state index in [0.717, 1.165) is 33.6 Å². The van der Waals surface area contributed by atoms with Crippen LogP contribution in [0, 0.1) is 11.8 Å². The first kappa shape index (κ1) is 27.6. The Morgan fingerprint density at radius 1 is 0.833 bits per heavy atom. The number of likely N-dealkylation sites (tertiary alicyclic amines) is 1. The summed E-state index contributed by atoms with van der Waals surface area (Å²) in [5.41, 5.74) is 5.07. The Morgan fingerprint density at radius 3 is 1.88 bits per heavy atom. The van der Waals surface area contributed by atoms with Crippen LogP contribution in [0.4, 0.5) is 5.69 Å². The van der Waals surface area contributed by atoms with Crippen LogP contribution in [0.25, 0.3) is 0 Å². The fourth-order valence-electron chi connectivity index (χ4n) is 7.00. The van der Waals surface area contributed by atoms with Crippen LogP contribution in [0.3, 0.4) is 0 Å². The smallest absolute Gasteiger partial charge is 0.329 e. The first-order chi connectivity index (χ1) is 20.3. The van der Waals surface area contributed by atoms with E-state index in [1.54, 1.807) is 24.3 Å². The number of ketones is 1. The molecule has 3 aromatic carbocycles. The molecule has 4 aliphatic rings. The average molecular weight is 565 g/mol. The van der Waals surface area contributed by atoms with E-state index in [2.05, 4.69) is 5.32 Å². The standard InChI is InChI=1S/C34H32N2O6/c1-3-4-16-26(34(41)42-18-27(38)35-21-11-9-10-20(17-21)19(2)37)36-32(39)30-28-22-12-5-6-13-23(22)29(31(30)33(36)40)25-15-8-7-14-24(25)28/h5-15,17,26,28-31H,3-4,16,18H2,1-2H3,(H,35,38)/t26-,28?,29?,30-,31-/m1/s1. The average Bonchev–Trinajstić information content (AvgIpc) is 3.26. The van der Waals surface area contributed by atoms with Gasteiger partial charge in [0.05, 0.1) is 11.8 Å². The van der Waals surface area contributed by atoms with Gasteiger partial charge in [-0.15, -0.1) is 0 Å². The Balaban J connectivity index is 1.24.